The van der Waals surface area contributed by atoms with Crippen molar-refractivity contribution in [1.82, 2.24) is 0 Å². The Bertz CT molecular complexity index is 667. The van der Waals surface area contributed by atoms with E-state index in [4.69, 9.17) is 16.3 Å². The van der Waals surface area contributed by atoms with E-state index in [1.807, 2.05) is 12.1 Å². The number of thioether (sulfide) groups is 1. The number of benzene rings is 2. The Labute approximate surface area is 131 Å². The molecule has 108 valence electrons. The summed E-state index contributed by atoms with van der Waals surface area (Å²) in [5.74, 6) is 0.265. The molecule has 3 rings (SSSR count). The number of halogens is 1. The van der Waals surface area contributed by atoms with Gasteiger partial charge in [0.2, 0.25) is 0 Å². The molecule has 1 aliphatic heterocycles. The fraction of sp³-hybridized carbons (Fsp3) is 0.200. The minimum Gasteiger partial charge on any atom is -0.486 e. The van der Waals surface area contributed by atoms with E-state index >= 15 is 0 Å². The number of nitro benzene ring substituents is 1. The van der Waals surface area contributed by atoms with E-state index in [1.165, 1.54) is 16.5 Å². The SMILES string of the molecule is O=[N+]([O-])c1cc(Cl)ccc1OCC1Cc2ccccc2S1. The van der Waals surface area contributed by atoms with E-state index in [-0.39, 0.29) is 16.7 Å². The number of nitro groups is 1. The Morgan fingerprint density at radius 3 is 2.90 bits per heavy atom. The van der Waals surface area contributed by atoms with Crippen LogP contribution in [0.1, 0.15) is 5.56 Å². The molecular weight excluding hydrogens is 310 g/mol. The highest BCUT2D eigenvalue weighted by atomic mass is 35.5. The van der Waals surface area contributed by atoms with Gasteiger partial charge >= 0.3 is 5.69 Å². The highest BCUT2D eigenvalue weighted by Gasteiger charge is 2.24. The Kier molecular flexibility index (Phi) is 4.03. The lowest BCUT2D eigenvalue weighted by Crippen LogP contribution is -2.14. The molecule has 21 heavy (non-hydrogen) atoms. The molecule has 0 radical (unpaired) electrons. The molecule has 2 aromatic carbocycles. The molecular formula is C15H12ClNO3S. The van der Waals surface area contributed by atoms with Crippen molar-refractivity contribution in [3.8, 4) is 5.75 Å². The van der Waals surface area contributed by atoms with Gasteiger partial charge in [0.25, 0.3) is 0 Å². The minimum absolute atomic E-state index is 0.0944. The van der Waals surface area contributed by atoms with Gasteiger partial charge in [0.1, 0.15) is 6.61 Å². The summed E-state index contributed by atoms with van der Waals surface area (Å²) >= 11 is 7.54. The second-order valence-corrected chi connectivity index (χ2v) is 6.51. The van der Waals surface area contributed by atoms with Gasteiger partial charge in [-0.3, -0.25) is 10.1 Å². The van der Waals surface area contributed by atoms with Gasteiger partial charge in [-0.05, 0) is 30.2 Å². The topological polar surface area (TPSA) is 52.4 Å². The lowest BCUT2D eigenvalue weighted by Gasteiger charge is -2.11. The summed E-state index contributed by atoms with van der Waals surface area (Å²) in [5, 5.41) is 11.6. The number of ether oxygens (including phenoxy) is 1. The van der Waals surface area contributed by atoms with E-state index in [1.54, 1.807) is 23.9 Å². The first-order valence-corrected chi connectivity index (χ1v) is 7.70. The van der Waals surface area contributed by atoms with Crippen molar-refractivity contribution in [3.05, 3.63) is 63.2 Å². The maximum atomic E-state index is 11.0. The normalized spacial score (nSPS) is 16.5. The molecule has 1 atom stereocenters. The monoisotopic (exact) mass is 321 g/mol. The summed E-state index contributed by atoms with van der Waals surface area (Å²) in [5.41, 5.74) is 1.21. The second-order valence-electron chi connectivity index (χ2n) is 4.73. The summed E-state index contributed by atoms with van der Waals surface area (Å²) in [6, 6.07) is 12.7. The zero-order valence-electron chi connectivity index (χ0n) is 11.0. The third-order valence-electron chi connectivity index (χ3n) is 3.26. The van der Waals surface area contributed by atoms with Crippen LogP contribution in [-0.4, -0.2) is 16.8 Å². The van der Waals surface area contributed by atoms with Crippen molar-refractivity contribution < 1.29 is 9.66 Å². The van der Waals surface area contributed by atoms with E-state index in [2.05, 4.69) is 12.1 Å². The number of nitrogens with zero attached hydrogens (tertiary/aromatic N) is 1. The average Bonchev–Trinajstić information content (AvgIpc) is 2.88. The maximum Gasteiger partial charge on any atom is 0.312 e. The summed E-state index contributed by atoms with van der Waals surface area (Å²) in [7, 11) is 0. The highest BCUT2D eigenvalue weighted by Crippen LogP contribution is 2.37. The Hall–Kier alpha value is -1.72. The molecule has 2 aromatic rings. The van der Waals surface area contributed by atoms with Crippen LogP contribution in [0.3, 0.4) is 0 Å². The van der Waals surface area contributed by atoms with Gasteiger partial charge in [-0.1, -0.05) is 29.8 Å². The lowest BCUT2D eigenvalue weighted by atomic mass is 10.1. The van der Waals surface area contributed by atoms with E-state index in [0.29, 0.717) is 11.6 Å². The molecule has 1 unspecified atom stereocenters. The summed E-state index contributed by atoms with van der Waals surface area (Å²) < 4.78 is 5.65. The van der Waals surface area contributed by atoms with Crippen LogP contribution >= 0.6 is 23.4 Å². The van der Waals surface area contributed by atoms with Gasteiger partial charge in [0.15, 0.2) is 5.75 Å². The quantitative estimate of drug-likeness (QED) is 0.620. The van der Waals surface area contributed by atoms with E-state index in [9.17, 15) is 10.1 Å². The molecule has 1 heterocycles. The molecule has 0 aromatic heterocycles. The van der Waals surface area contributed by atoms with Crippen molar-refractivity contribution in [2.75, 3.05) is 6.61 Å². The van der Waals surface area contributed by atoms with Crippen LogP contribution in [0.2, 0.25) is 5.02 Å². The van der Waals surface area contributed by atoms with Gasteiger partial charge in [0, 0.05) is 21.2 Å². The minimum atomic E-state index is -0.474. The van der Waals surface area contributed by atoms with Crippen molar-refractivity contribution in [2.45, 2.75) is 16.6 Å². The smallest absolute Gasteiger partial charge is 0.312 e. The molecule has 6 heteroatoms. The first kappa shape index (κ1) is 14.2. The van der Waals surface area contributed by atoms with E-state index in [0.717, 1.165) is 6.42 Å². The maximum absolute atomic E-state index is 11.0. The molecule has 1 aliphatic rings. The fourth-order valence-corrected chi connectivity index (χ4v) is 3.67. The van der Waals surface area contributed by atoms with Crippen molar-refractivity contribution in [1.29, 1.82) is 0 Å². The molecule has 0 saturated carbocycles. The summed E-state index contributed by atoms with van der Waals surface area (Å²) in [4.78, 5) is 11.8. The Morgan fingerprint density at radius 2 is 2.14 bits per heavy atom. The third-order valence-corrected chi connectivity index (χ3v) is 4.78. The number of hydrogen-bond acceptors (Lipinski definition) is 4. The Morgan fingerprint density at radius 1 is 1.33 bits per heavy atom. The molecule has 0 spiro atoms. The van der Waals surface area contributed by atoms with Gasteiger partial charge < -0.3 is 4.74 Å². The number of rotatable bonds is 4. The molecule has 0 fully saturated rings. The van der Waals surface area contributed by atoms with Crippen LogP contribution in [0.5, 0.6) is 5.75 Å². The van der Waals surface area contributed by atoms with Crippen LogP contribution in [0.25, 0.3) is 0 Å². The molecule has 0 aliphatic carbocycles. The van der Waals surface area contributed by atoms with Gasteiger partial charge in [-0.15, -0.1) is 11.8 Å². The van der Waals surface area contributed by atoms with Gasteiger partial charge in [-0.2, -0.15) is 0 Å². The van der Waals surface area contributed by atoms with Crippen LogP contribution in [-0.2, 0) is 6.42 Å². The molecule has 0 N–H and O–H groups in total. The lowest BCUT2D eigenvalue weighted by molar-refractivity contribution is -0.385. The molecule has 4 nitrogen and oxygen atoms in total. The fourth-order valence-electron chi connectivity index (χ4n) is 2.28. The van der Waals surface area contributed by atoms with Crippen LogP contribution in [0, 0.1) is 10.1 Å². The van der Waals surface area contributed by atoms with Crippen LogP contribution in [0.15, 0.2) is 47.4 Å². The Balaban J connectivity index is 1.68. The molecule has 0 bridgehead atoms. The predicted molar refractivity (Wildman–Crippen MR) is 83.4 cm³/mol. The first-order chi connectivity index (χ1) is 10.1. The average molecular weight is 322 g/mol. The summed E-state index contributed by atoms with van der Waals surface area (Å²) in [6.45, 7) is 0.432. The zero-order valence-corrected chi connectivity index (χ0v) is 12.6. The highest BCUT2D eigenvalue weighted by molar-refractivity contribution is 8.00. The zero-order chi connectivity index (χ0) is 14.8. The molecule has 0 amide bonds. The van der Waals surface area contributed by atoms with Crippen molar-refractivity contribution >= 4 is 29.1 Å². The van der Waals surface area contributed by atoms with Crippen molar-refractivity contribution in [2.24, 2.45) is 0 Å². The number of fused-ring (bicyclic) bond motifs is 1. The predicted octanol–water partition coefficient (Wildman–Crippen LogP) is 4.34. The second kappa shape index (κ2) is 5.95. The summed E-state index contributed by atoms with van der Waals surface area (Å²) in [6.07, 6.45) is 0.919. The largest absolute Gasteiger partial charge is 0.486 e. The van der Waals surface area contributed by atoms with Crippen LogP contribution < -0.4 is 4.74 Å². The van der Waals surface area contributed by atoms with Crippen molar-refractivity contribution in [3.63, 3.8) is 0 Å². The van der Waals surface area contributed by atoms with Gasteiger partial charge in [0.05, 0.1) is 4.92 Å². The van der Waals surface area contributed by atoms with Crippen LogP contribution in [0.4, 0.5) is 5.69 Å². The van der Waals surface area contributed by atoms with Gasteiger partial charge in [-0.25, -0.2) is 0 Å². The number of hydrogen-bond donors (Lipinski definition) is 0. The van der Waals surface area contributed by atoms with E-state index < -0.39 is 4.92 Å². The standard InChI is InChI=1S/C15H12ClNO3S/c16-11-5-6-14(13(8-11)17(18)19)20-9-12-7-10-3-1-2-4-15(10)21-12/h1-6,8,12H,7,9H2. The third kappa shape index (κ3) is 3.14. The molecule has 0 saturated heterocycles. The first-order valence-electron chi connectivity index (χ1n) is 6.45.